The Labute approximate surface area is 349 Å². The van der Waals surface area contributed by atoms with Crippen LogP contribution in [-0.2, 0) is 33.7 Å². The molecule has 4 atom stereocenters. The standard InChI is InChI=1S/C39H31ClF8N8O5S/c1-61-18-2-5-20-25(12-18)50-37(55(38(20)58)26-7-6-24(40)29-32(26)54(14-27(43)44)52-36(29)53-62(59,60)19-3-4-19)22(10-15-8-16(41)11-17(42)9-15)31(35(49)57)56-33-28(30(51-56)34(45)46)21-13-23(21)39(33,47)48/h2,5-9,11-12,19,21-23,27,31,34H,3-4,10,13-14H2,1H3,(H2,49,57)(H,52,53)/t21-,22-,23+,31?/m0/s1. The van der Waals surface area contributed by atoms with E-state index in [-0.39, 0.29) is 50.2 Å². The van der Waals surface area contributed by atoms with Crippen molar-refractivity contribution < 1.29 is 53.1 Å². The number of nitrogens with zero attached hydrogens (tertiary/aromatic N) is 6. The summed E-state index contributed by atoms with van der Waals surface area (Å²) in [6, 6.07) is 6.22. The maximum atomic E-state index is 16.2. The van der Waals surface area contributed by atoms with E-state index >= 15 is 13.6 Å². The highest BCUT2D eigenvalue weighted by molar-refractivity contribution is 7.93. The Morgan fingerprint density at radius 1 is 1.05 bits per heavy atom. The van der Waals surface area contributed by atoms with Gasteiger partial charge in [0, 0.05) is 23.6 Å². The van der Waals surface area contributed by atoms with Crippen LogP contribution in [0.1, 0.15) is 71.9 Å². The normalized spacial score (nSPS) is 19.0. The van der Waals surface area contributed by atoms with Crippen LogP contribution < -0.4 is 20.8 Å². The molecule has 3 aromatic heterocycles. The highest BCUT2D eigenvalue weighted by atomic mass is 35.5. The first kappa shape index (κ1) is 41.6. The third kappa shape index (κ3) is 6.81. The van der Waals surface area contributed by atoms with Crippen LogP contribution in [0.2, 0.25) is 5.02 Å². The van der Waals surface area contributed by atoms with Crippen molar-refractivity contribution in [1.82, 2.24) is 29.1 Å². The van der Waals surface area contributed by atoms with Crippen molar-refractivity contribution in [2.75, 3.05) is 11.8 Å². The Balaban J connectivity index is 1.39. The van der Waals surface area contributed by atoms with Gasteiger partial charge in [-0.05, 0) is 73.6 Å². The van der Waals surface area contributed by atoms with Gasteiger partial charge >= 0.3 is 0 Å². The third-order valence-corrected chi connectivity index (χ3v) is 13.6. The molecule has 0 saturated heterocycles. The molecule has 2 fully saturated rings. The maximum Gasteiger partial charge on any atom is 0.293 e. The molecule has 0 radical (unpaired) electrons. The molecule has 0 aliphatic heterocycles. The largest absolute Gasteiger partial charge is 0.497 e. The first-order chi connectivity index (χ1) is 29.3. The molecule has 23 heteroatoms. The first-order valence-corrected chi connectivity index (χ1v) is 20.9. The molecule has 1 unspecified atom stereocenters. The average Bonchev–Trinajstić information content (AvgIpc) is 4.11. The Morgan fingerprint density at radius 2 is 1.76 bits per heavy atom. The second-order valence-corrected chi connectivity index (χ2v) is 17.8. The van der Waals surface area contributed by atoms with E-state index in [1.165, 1.54) is 31.4 Å². The molecule has 0 spiro atoms. The molecule has 6 aromatic rings. The summed E-state index contributed by atoms with van der Waals surface area (Å²) in [5.74, 6) is -12.8. The number of hydrogen-bond acceptors (Lipinski definition) is 8. The molecule has 3 N–H and O–H groups in total. The van der Waals surface area contributed by atoms with Crippen LogP contribution >= 0.6 is 11.6 Å². The van der Waals surface area contributed by atoms with Gasteiger partial charge in [0.15, 0.2) is 5.82 Å². The van der Waals surface area contributed by atoms with Gasteiger partial charge in [0.2, 0.25) is 15.9 Å². The van der Waals surface area contributed by atoms with Crippen molar-refractivity contribution in [3.05, 3.63) is 104 Å². The van der Waals surface area contributed by atoms with E-state index in [1.807, 2.05) is 0 Å². The zero-order valence-corrected chi connectivity index (χ0v) is 33.4. The maximum absolute atomic E-state index is 16.2. The molecule has 3 heterocycles. The number of anilines is 1. The lowest BCUT2D eigenvalue weighted by atomic mass is 9.89. The van der Waals surface area contributed by atoms with Gasteiger partial charge in [-0.15, -0.1) is 0 Å². The smallest absolute Gasteiger partial charge is 0.293 e. The minimum absolute atomic E-state index is 0.144. The quantitative estimate of drug-likeness (QED) is 0.108. The zero-order valence-electron chi connectivity index (χ0n) is 31.8. The number of aromatic nitrogens is 6. The molecule has 3 aliphatic rings. The number of rotatable bonds is 14. The summed E-state index contributed by atoms with van der Waals surface area (Å²) < 4.78 is 156. The van der Waals surface area contributed by atoms with Crippen molar-refractivity contribution >= 4 is 55.2 Å². The molecule has 9 rings (SSSR count). The molecule has 326 valence electrons. The lowest BCUT2D eigenvalue weighted by Crippen LogP contribution is -2.39. The van der Waals surface area contributed by atoms with Crippen LogP contribution in [0.4, 0.5) is 40.9 Å². The van der Waals surface area contributed by atoms with Gasteiger partial charge in [0.25, 0.3) is 24.3 Å². The van der Waals surface area contributed by atoms with Gasteiger partial charge < -0.3 is 10.5 Å². The SMILES string of the molecule is COc1ccc2c(=O)n(-c3ccc(Cl)c4c(NS(=O)(=O)C5CC5)nn(CC(F)F)c34)c([C@@H](Cc3cc(F)cc(F)c3)C(C(N)=O)n3nc(C(F)F)c4c3C(F)(F)[C@@H]3C[C@H]43)nc2c1. The number of carbonyl (C=O) groups is 1. The Morgan fingerprint density at radius 3 is 2.39 bits per heavy atom. The second kappa shape index (κ2) is 14.7. The number of carbonyl (C=O) groups excluding carboxylic acids is 1. The topological polar surface area (TPSA) is 169 Å². The van der Waals surface area contributed by atoms with E-state index < -0.39 is 123 Å². The van der Waals surface area contributed by atoms with Crippen LogP contribution in [0, 0.1) is 17.6 Å². The number of ether oxygens (including phenoxy) is 1. The summed E-state index contributed by atoms with van der Waals surface area (Å²) in [5, 5.41) is 6.50. The summed E-state index contributed by atoms with van der Waals surface area (Å²) in [4.78, 5) is 33.7. The minimum atomic E-state index is -4.12. The minimum Gasteiger partial charge on any atom is -0.497 e. The van der Waals surface area contributed by atoms with Gasteiger partial charge in [-0.3, -0.25) is 23.6 Å². The summed E-state index contributed by atoms with van der Waals surface area (Å²) >= 11 is 6.63. The molecular weight excluding hydrogens is 880 g/mol. The average molecular weight is 911 g/mol. The van der Waals surface area contributed by atoms with E-state index in [1.54, 1.807) is 0 Å². The summed E-state index contributed by atoms with van der Waals surface area (Å²) in [5.41, 5.74) is 1.27. The zero-order chi connectivity index (χ0) is 44.3. The number of halogens is 9. The van der Waals surface area contributed by atoms with Crippen molar-refractivity contribution in [1.29, 1.82) is 0 Å². The number of fused-ring (bicyclic) bond motifs is 5. The summed E-state index contributed by atoms with van der Waals surface area (Å²) in [6.45, 7) is -1.19. The third-order valence-electron chi connectivity index (χ3n) is 11.4. The Bertz CT molecular complexity index is 3010. The fourth-order valence-corrected chi connectivity index (χ4v) is 10.2. The number of amides is 1. The van der Waals surface area contributed by atoms with Crippen LogP contribution in [-0.4, -0.2) is 62.2 Å². The number of nitrogens with two attached hydrogens (primary N) is 1. The summed E-state index contributed by atoms with van der Waals surface area (Å²) in [7, 11) is -2.83. The van der Waals surface area contributed by atoms with Crippen LogP contribution in [0.25, 0.3) is 27.5 Å². The van der Waals surface area contributed by atoms with Crippen molar-refractivity contribution in [3.8, 4) is 11.4 Å². The fraction of sp³-hybridized carbons (Fsp3) is 0.359. The van der Waals surface area contributed by atoms with Crippen LogP contribution in [0.3, 0.4) is 0 Å². The van der Waals surface area contributed by atoms with Crippen molar-refractivity contribution in [2.24, 2.45) is 11.7 Å². The molecule has 62 heavy (non-hydrogen) atoms. The highest BCUT2D eigenvalue weighted by Gasteiger charge is 2.68. The van der Waals surface area contributed by atoms with Gasteiger partial charge in [0.05, 0.1) is 50.8 Å². The van der Waals surface area contributed by atoms with E-state index in [2.05, 4.69) is 14.9 Å². The predicted octanol–water partition coefficient (Wildman–Crippen LogP) is 7.24. The fourth-order valence-electron chi connectivity index (χ4n) is 8.60. The summed E-state index contributed by atoms with van der Waals surface area (Å²) in [6.07, 6.45) is -6.84. The number of hydrogen-bond donors (Lipinski definition) is 2. The number of nitrogens with one attached hydrogen (secondary N) is 1. The lowest BCUT2D eigenvalue weighted by molar-refractivity contribution is -0.122. The number of benzene rings is 3. The molecule has 1 amide bonds. The number of methoxy groups -OCH3 is 1. The van der Waals surface area contributed by atoms with Gasteiger partial charge in [-0.25, -0.2) is 44.4 Å². The van der Waals surface area contributed by atoms with Gasteiger partial charge in [-0.2, -0.15) is 19.0 Å². The van der Waals surface area contributed by atoms with E-state index in [0.29, 0.717) is 28.3 Å². The van der Waals surface area contributed by atoms with E-state index in [4.69, 9.17) is 27.1 Å². The number of alkyl halides is 6. The van der Waals surface area contributed by atoms with Crippen LogP contribution in [0.5, 0.6) is 5.75 Å². The van der Waals surface area contributed by atoms with Gasteiger partial charge in [-0.1, -0.05) is 11.6 Å². The Hall–Kier alpha value is -5.77. The van der Waals surface area contributed by atoms with Crippen LogP contribution in [0.15, 0.2) is 53.3 Å². The highest BCUT2D eigenvalue weighted by Crippen LogP contribution is 2.68. The molecule has 2 saturated carbocycles. The van der Waals surface area contributed by atoms with Gasteiger partial charge in [0.1, 0.15) is 47.2 Å². The molecule has 0 bridgehead atoms. The first-order valence-electron chi connectivity index (χ1n) is 18.9. The Kier molecular flexibility index (Phi) is 9.84. The van der Waals surface area contributed by atoms with Crippen molar-refractivity contribution in [3.63, 3.8) is 0 Å². The predicted molar refractivity (Wildman–Crippen MR) is 207 cm³/mol. The lowest BCUT2D eigenvalue weighted by Gasteiger charge is -2.30. The van der Waals surface area contributed by atoms with E-state index in [9.17, 15) is 39.6 Å². The monoisotopic (exact) mass is 910 g/mol. The molecular formula is C39H31ClF8N8O5S. The molecule has 13 nitrogen and oxygen atoms in total. The van der Waals surface area contributed by atoms with E-state index in [0.717, 1.165) is 22.8 Å². The molecule has 3 aliphatic carbocycles. The second-order valence-electron chi connectivity index (χ2n) is 15.5. The molecule has 3 aromatic carbocycles. The number of sulfonamides is 1. The van der Waals surface area contributed by atoms with Crippen molar-refractivity contribution in [2.45, 2.75) is 74.1 Å². The number of primary amides is 1.